The molecule has 0 unspecified atom stereocenters. The third-order valence-electron chi connectivity index (χ3n) is 6.56. The van der Waals surface area contributed by atoms with Crippen LogP contribution in [0.2, 0.25) is 0 Å². The van der Waals surface area contributed by atoms with E-state index in [2.05, 4.69) is 17.2 Å². The number of hydrogen-bond acceptors (Lipinski definition) is 4. The maximum Gasteiger partial charge on any atom is 0.308 e. The molecule has 1 aliphatic heterocycles. The standard InChI is InChI=1S/C31H27N3O3/c1-4-21-6-13-26(14-7-21)33-30(35)28-20-22(5-2)8-15-27(28)23-9-11-24(12-10-23)29(32)34-18-16-25(17-19-34)31(36)37-3/h1-2,6-15,20,25,32H,16-19H2,3H3,(H,33,35). The van der Waals surface area contributed by atoms with Gasteiger partial charge in [0.05, 0.1) is 13.0 Å². The first-order valence-corrected chi connectivity index (χ1v) is 11.9. The van der Waals surface area contributed by atoms with E-state index in [1.54, 1.807) is 36.4 Å². The third-order valence-corrected chi connectivity index (χ3v) is 6.56. The van der Waals surface area contributed by atoms with E-state index in [1.165, 1.54) is 7.11 Å². The van der Waals surface area contributed by atoms with E-state index in [0.29, 0.717) is 48.6 Å². The first kappa shape index (κ1) is 25.3. The van der Waals surface area contributed by atoms with Crippen molar-refractivity contribution < 1.29 is 14.3 Å². The molecular weight excluding hydrogens is 462 g/mol. The molecule has 1 aliphatic rings. The smallest absolute Gasteiger partial charge is 0.308 e. The molecule has 3 aromatic rings. The number of nitrogens with one attached hydrogen (secondary N) is 2. The van der Waals surface area contributed by atoms with E-state index >= 15 is 0 Å². The minimum atomic E-state index is -0.286. The Labute approximate surface area is 217 Å². The number of rotatable bonds is 5. The monoisotopic (exact) mass is 489 g/mol. The average molecular weight is 490 g/mol. The lowest BCUT2D eigenvalue weighted by atomic mass is 9.95. The predicted octanol–water partition coefficient (Wildman–Crippen LogP) is 4.78. The van der Waals surface area contributed by atoms with Crippen LogP contribution in [-0.4, -0.2) is 42.8 Å². The van der Waals surface area contributed by atoms with Crippen molar-refractivity contribution >= 4 is 23.4 Å². The number of ether oxygens (including phenoxy) is 1. The Bertz CT molecular complexity index is 1400. The second-order valence-corrected chi connectivity index (χ2v) is 8.79. The van der Waals surface area contributed by atoms with Gasteiger partial charge in [-0.1, -0.05) is 42.2 Å². The van der Waals surface area contributed by atoms with Crippen LogP contribution in [0.25, 0.3) is 11.1 Å². The Kier molecular flexibility index (Phi) is 7.71. The molecule has 3 aromatic carbocycles. The van der Waals surface area contributed by atoms with Crippen molar-refractivity contribution in [3.8, 4) is 35.8 Å². The van der Waals surface area contributed by atoms with Gasteiger partial charge in [-0.15, -0.1) is 12.8 Å². The normalized spacial score (nSPS) is 13.2. The molecule has 0 bridgehead atoms. The summed E-state index contributed by atoms with van der Waals surface area (Å²) in [7, 11) is 1.41. The highest BCUT2D eigenvalue weighted by molar-refractivity contribution is 6.09. The third kappa shape index (κ3) is 5.72. The van der Waals surface area contributed by atoms with Crippen molar-refractivity contribution in [3.05, 3.63) is 89.0 Å². The highest BCUT2D eigenvalue weighted by atomic mass is 16.5. The summed E-state index contributed by atoms with van der Waals surface area (Å²) in [6.45, 7) is 1.25. The number of piperidine rings is 1. The van der Waals surface area contributed by atoms with Gasteiger partial charge >= 0.3 is 5.97 Å². The van der Waals surface area contributed by atoms with Crippen LogP contribution >= 0.6 is 0 Å². The Morgan fingerprint density at radius 1 is 0.946 bits per heavy atom. The van der Waals surface area contributed by atoms with Gasteiger partial charge in [0, 0.05) is 41.0 Å². The van der Waals surface area contributed by atoms with Gasteiger partial charge in [0.15, 0.2) is 0 Å². The molecule has 1 fully saturated rings. The van der Waals surface area contributed by atoms with E-state index in [0.717, 1.165) is 22.3 Å². The highest BCUT2D eigenvalue weighted by Crippen LogP contribution is 2.27. The van der Waals surface area contributed by atoms with Crippen molar-refractivity contribution in [3.63, 3.8) is 0 Å². The number of amidine groups is 1. The lowest BCUT2D eigenvalue weighted by Gasteiger charge is -2.32. The molecule has 1 heterocycles. The highest BCUT2D eigenvalue weighted by Gasteiger charge is 2.27. The Hall–Kier alpha value is -4.81. The van der Waals surface area contributed by atoms with E-state index in [1.807, 2.05) is 35.2 Å². The lowest BCUT2D eigenvalue weighted by molar-refractivity contribution is -0.146. The van der Waals surface area contributed by atoms with Crippen LogP contribution in [0.3, 0.4) is 0 Å². The number of nitrogens with zero attached hydrogens (tertiary/aromatic N) is 1. The molecule has 0 atom stereocenters. The topological polar surface area (TPSA) is 82.5 Å². The molecule has 6 heteroatoms. The molecule has 37 heavy (non-hydrogen) atoms. The van der Waals surface area contributed by atoms with Crippen LogP contribution < -0.4 is 5.32 Å². The van der Waals surface area contributed by atoms with Gasteiger partial charge in [0.1, 0.15) is 5.84 Å². The number of methoxy groups -OCH3 is 1. The zero-order valence-corrected chi connectivity index (χ0v) is 20.6. The molecule has 184 valence electrons. The van der Waals surface area contributed by atoms with Gasteiger partial charge in [0.2, 0.25) is 0 Å². The maximum absolute atomic E-state index is 13.2. The number of esters is 1. The Morgan fingerprint density at radius 3 is 2.16 bits per heavy atom. The van der Waals surface area contributed by atoms with E-state index in [4.69, 9.17) is 23.0 Å². The van der Waals surface area contributed by atoms with Crippen LogP contribution in [0.1, 0.15) is 39.9 Å². The van der Waals surface area contributed by atoms with Crippen molar-refractivity contribution in [1.29, 1.82) is 5.41 Å². The number of hydrogen-bond donors (Lipinski definition) is 2. The molecule has 0 aromatic heterocycles. The number of carbonyl (C=O) groups is 2. The van der Waals surface area contributed by atoms with Gasteiger partial charge in [-0.2, -0.15) is 0 Å². The van der Waals surface area contributed by atoms with Gasteiger partial charge in [-0.05, 0) is 60.4 Å². The van der Waals surface area contributed by atoms with Crippen LogP contribution in [0.15, 0.2) is 66.7 Å². The quantitative estimate of drug-likeness (QED) is 0.234. The van der Waals surface area contributed by atoms with Crippen molar-refractivity contribution in [1.82, 2.24) is 4.90 Å². The largest absolute Gasteiger partial charge is 0.469 e. The number of likely N-dealkylation sites (tertiary alicyclic amines) is 1. The summed E-state index contributed by atoms with van der Waals surface area (Å²) in [5.74, 6) is 4.97. The van der Waals surface area contributed by atoms with Gasteiger partial charge in [-0.3, -0.25) is 15.0 Å². The summed E-state index contributed by atoms with van der Waals surface area (Å²) < 4.78 is 4.85. The summed E-state index contributed by atoms with van der Waals surface area (Å²) in [6.07, 6.45) is 12.3. The van der Waals surface area contributed by atoms with Crippen LogP contribution in [0.5, 0.6) is 0 Å². The first-order chi connectivity index (χ1) is 17.9. The zero-order chi connectivity index (χ0) is 26.4. The summed E-state index contributed by atoms with van der Waals surface area (Å²) in [5.41, 5.74) is 4.73. The number of amides is 1. The second-order valence-electron chi connectivity index (χ2n) is 8.79. The fourth-order valence-electron chi connectivity index (χ4n) is 4.42. The van der Waals surface area contributed by atoms with Crippen LogP contribution in [0.4, 0.5) is 5.69 Å². The zero-order valence-electron chi connectivity index (χ0n) is 20.6. The number of terminal acetylenes is 2. The van der Waals surface area contributed by atoms with Gasteiger partial charge in [0.25, 0.3) is 5.91 Å². The molecule has 1 amide bonds. The van der Waals surface area contributed by atoms with E-state index in [-0.39, 0.29) is 17.8 Å². The Balaban J connectivity index is 1.53. The van der Waals surface area contributed by atoms with Crippen molar-refractivity contribution in [2.45, 2.75) is 12.8 Å². The molecule has 6 nitrogen and oxygen atoms in total. The average Bonchev–Trinajstić information content (AvgIpc) is 2.96. The molecule has 2 N–H and O–H groups in total. The van der Waals surface area contributed by atoms with E-state index < -0.39 is 0 Å². The summed E-state index contributed by atoms with van der Waals surface area (Å²) in [5, 5.41) is 11.6. The van der Waals surface area contributed by atoms with Crippen LogP contribution in [-0.2, 0) is 9.53 Å². The van der Waals surface area contributed by atoms with Crippen molar-refractivity contribution in [2.75, 3.05) is 25.5 Å². The fourth-order valence-corrected chi connectivity index (χ4v) is 4.42. The minimum absolute atomic E-state index is 0.109. The van der Waals surface area contributed by atoms with Crippen LogP contribution in [0, 0.1) is 36.0 Å². The molecule has 0 saturated carbocycles. The van der Waals surface area contributed by atoms with Gasteiger partial charge in [-0.25, -0.2) is 0 Å². The fraction of sp³-hybridized carbons (Fsp3) is 0.194. The summed E-state index contributed by atoms with van der Waals surface area (Å²) >= 11 is 0. The predicted molar refractivity (Wildman–Crippen MR) is 145 cm³/mol. The SMILES string of the molecule is C#Cc1ccc(NC(=O)c2cc(C#C)ccc2-c2ccc(C(=N)N3CCC(C(=O)OC)CC3)cc2)cc1. The number of benzene rings is 3. The molecule has 4 rings (SSSR count). The summed E-state index contributed by atoms with van der Waals surface area (Å²) in [6, 6.07) is 19.9. The molecule has 0 radical (unpaired) electrons. The molecular formula is C31H27N3O3. The van der Waals surface area contributed by atoms with E-state index in [9.17, 15) is 9.59 Å². The van der Waals surface area contributed by atoms with Gasteiger partial charge < -0.3 is 15.0 Å². The Morgan fingerprint density at radius 2 is 1.57 bits per heavy atom. The summed E-state index contributed by atoms with van der Waals surface area (Å²) in [4.78, 5) is 27.0. The second kappa shape index (κ2) is 11.3. The first-order valence-electron chi connectivity index (χ1n) is 11.9. The molecule has 1 saturated heterocycles. The molecule has 0 aliphatic carbocycles. The lowest BCUT2D eigenvalue weighted by Crippen LogP contribution is -2.40. The maximum atomic E-state index is 13.2. The van der Waals surface area contributed by atoms with Crippen molar-refractivity contribution in [2.24, 2.45) is 5.92 Å². The number of carbonyl (C=O) groups excluding carboxylic acids is 2. The minimum Gasteiger partial charge on any atom is -0.469 e. The number of anilines is 1. The molecule has 0 spiro atoms.